The summed E-state index contributed by atoms with van der Waals surface area (Å²) < 4.78 is 28.3. The van der Waals surface area contributed by atoms with Crippen LogP contribution in [-0.2, 0) is 22.1 Å². The van der Waals surface area contributed by atoms with E-state index in [1.165, 1.54) is 32.1 Å². The third-order valence-corrected chi connectivity index (χ3v) is 9.03. The molecule has 0 spiro atoms. The van der Waals surface area contributed by atoms with Crippen LogP contribution >= 0.6 is 0 Å². The Labute approximate surface area is 172 Å². The minimum Gasteiger partial charge on any atom is -0.395 e. The fourth-order valence-corrected chi connectivity index (χ4v) is 7.02. The van der Waals surface area contributed by atoms with Crippen molar-refractivity contribution in [1.29, 1.82) is 0 Å². The van der Waals surface area contributed by atoms with E-state index in [4.69, 9.17) is 22.1 Å². The molecule has 0 heterocycles. The molecule has 0 aliphatic carbocycles. The van der Waals surface area contributed by atoms with E-state index in [-0.39, 0.29) is 0 Å². The summed E-state index contributed by atoms with van der Waals surface area (Å²) in [6.45, 7) is 20.0. The normalized spacial score (nSPS) is 12.0. The van der Waals surface area contributed by atoms with Gasteiger partial charge in [-0.25, -0.2) is 0 Å². The van der Waals surface area contributed by atoms with Crippen LogP contribution < -0.4 is 0 Å². The Hall–Kier alpha value is 0.234. The lowest BCUT2D eigenvalue weighted by molar-refractivity contribution is 0.0706. The van der Waals surface area contributed by atoms with Crippen LogP contribution in [0.5, 0.6) is 0 Å². The smallest absolute Gasteiger partial charge is 0.395 e. The minimum atomic E-state index is -2.36. The first-order valence-corrected chi connectivity index (χ1v) is 15.8. The topological polar surface area (TPSA) is 46.2 Å². The van der Waals surface area contributed by atoms with Gasteiger partial charge in [0.05, 0.1) is 0 Å². The molecule has 0 atom stereocenters. The van der Waals surface area contributed by atoms with Gasteiger partial charge >= 0.3 is 17.4 Å². The maximum Gasteiger partial charge on any atom is 0.500 e. The summed E-state index contributed by atoms with van der Waals surface area (Å²) in [5.41, 5.74) is 0. The molecule has 7 heteroatoms. The Morgan fingerprint density at radius 2 is 0.852 bits per heavy atom. The minimum absolute atomic E-state index is 0.683. The molecule has 0 bridgehead atoms. The molecule has 0 saturated carbocycles. The average molecular weight is 425 g/mol. The molecule has 0 rings (SSSR count). The van der Waals surface area contributed by atoms with Crippen molar-refractivity contribution in [3.8, 4) is 0 Å². The standard InChI is InChI=1S/C14H32O3Si.C6H16O2Si/c1-5-9-10-11-12-13-14-18(15-6-2,16-7-3)17-8-4;1-5-7-9(3,4)8-6-2/h5-14H2,1-4H3;5-6H2,1-4H3. The summed E-state index contributed by atoms with van der Waals surface area (Å²) in [4.78, 5) is 0. The van der Waals surface area contributed by atoms with Crippen molar-refractivity contribution in [2.24, 2.45) is 0 Å². The summed E-state index contributed by atoms with van der Waals surface area (Å²) in [6, 6.07) is 0.967. The van der Waals surface area contributed by atoms with Crippen LogP contribution in [0.25, 0.3) is 0 Å². The summed E-state index contributed by atoms with van der Waals surface area (Å²) in [6.07, 6.45) is 7.75. The van der Waals surface area contributed by atoms with E-state index in [2.05, 4.69) is 20.0 Å². The van der Waals surface area contributed by atoms with Crippen molar-refractivity contribution in [2.45, 2.75) is 99.2 Å². The second-order valence-electron chi connectivity index (χ2n) is 6.77. The monoisotopic (exact) mass is 424 g/mol. The van der Waals surface area contributed by atoms with E-state index < -0.39 is 17.4 Å². The van der Waals surface area contributed by atoms with Crippen LogP contribution in [0.3, 0.4) is 0 Å². The van der Waals surface area contributed by atoms with Gasteiger partial charge in [0, 0.05) is 39.1 Å². The molecular formula is C20H48O5Si2. The van der Waals surface area contributed by atoms with Gasteiger partial charge in [0.1, 0.15) is 0 Å². The molecule has 0 unspecified atom stereocenters. The van der Waals surface area contributed by atoms with E-state index in [0.717, 1.165) is 25.7 Å². The zero-order chi connectivity index (χ0) is 21.0. The largest absolute Gasteiger partial charge is 0.500 e. The first kappa shape index (κ1) is 29.4. The van der Waals surface area contributed by atoms with Gasteiger partial charge in [-0.05, 0) is 54.1 Å². The maximum atomic E-state index is 5.83. The van der Waals surface area contributed by atoms with Crippen molar-refractivity contribution >= 4 is 17.4 Å². The molecule has 0 aromatic rings. The molecule has 0 N–H and O–H groups in total. The Morgan fingerprint density at radius 3 is 1.22 bits per heavy atom. The van der Waals surface area contributed by atoms with Crippen LogP contribution in [0.15, 0.2) is 0 Å². The average Bonchev–Trinajstić information content (AvgIpc) is 2.59. The molecule has 0 saturated heterocycles. The summed E-state index contributed by atoms with van der Waals surface area (Å²) in [7, 11) is -4.07. The number of rotatable bonds is 17. The Bertz CT molecular complexity index is 279. The number of hydrogen-bond acceptors (Lipinski definition) is 5. The van der Waals surface area contributed by atoms with Crippen LogP contribution in [0.1, 0.15) is 80.1 Å². The van der Waals surface area contributed by atoms with Gasteiger partial charge in [0.2, 0.25) is 0 Å². The third kappa shape index (κ3) is 18.0. The van der Waals surface area contributed by atoms with E-state index in [9.17, 15) is 0 Å². The van der Waals surface area contributed by atoms with Gasteiger partial charge in [0.15, 0.2) is 0 Å². The van der Waals surface area contributed by atoms with Gasteiger partial charge < -0.3 is 22.1 Å². The predicted octanol–water partition coefficient (Wildman–Crippen LogP) is 6.16. The predicted molar refractivity (Wildman–Crippen MR) is 120 cm³/mol. The Balaban J connectivity index is 0. The van der Waals surface area contributed by atoms with Gasteiger partial charge in [-0.15, -0.1) is 0 Å². The summed E-state index contributed by atoms with van der Waals surface area (Å²) >= 11 is 0. The van der Waals surface area contributed by atoms with Gasteiger partial charge in [0.25, 0.3) is 0 Å². The van der Waals surface area contributed by atoms with Crippen LogP contribution in [0.4, 0.5) is 0 Å². The zero-order valence-corrected chi connectivity index (χ0v) is 21.5. The lowest BCUT2D eigenvalue weighted by Gasteiger charge is -2.28. The van der Waals surface area contributed by atoms with Crippen molar-refractivity contribution < 1.29 is 22.1 Å². The number of unbranched alkanes of at least 4 members (excludes halogenated alkanes) is 5. The number of hydrogen-bond donors (Lipinski definition) is 0. The second-order valence-corrected chi connectivity index (χ2v) is 12.9. The molecule has 5 nitrogen and oxygen atoms in total. The van der Waals surface area contributed by atoms with Crippen molar-refractivity contribution in [3.05, 3.63) is 0 Å². The van der Waals surface area contributed by atoms with Crippen molar-refractivity contribution in [3.63, 3.8) is 0 Å². The van der Waals surface area contributed by atoms with Crippen LogP contribution in [0.2, 0.25) is 19.1 Å². The highest BCUT2D eigenvalue weighted by Gasteiger charge is 2.39. The second kappa shape index (κ2) is 19.5. The first-order valence-electron chi connectivity index (χ1n) is 11.1. The lowest BCUT2D eigenvalue weighted by Crippen LogP contribution is -2.45. The Morgan fingerprint density at radius 1 is 0.481 bits per heavy atom. The molecule has 0 aromatic heterocycles. The quantitative estimate of drug-likeness (QED) is 0.207. The van der Waals surface area contributed by atoms with E-state index in [1.54, 1.807) is 0 Å². The highest BCUT2D eigenvalue weighted by Crippen LogP contribution is 2.20. The van der Waals surface area contributed by atoms with Gasteiger partial charge in [-0.1, -0.05) is 39.0 Å². The molecular weight excluding hydrogens is 376 g/mol. The van der Waals surface area contributed by atoms with Gasteiger partial charge in [-0.2, -0.15) is 0 Å². The van der Waals surface area contributed by atoms with Crippen molar-refractivity contribution in [2.75, 3.05) is 33.0 Å². The fourth-order valence-electron chi connectivity index (χ4n) is 2.86. The highest BCUT2D eigenvalue weighted by atomic mass is 28.4. The van der Waals surface area contributed by atoms with Crippen LogP contribution in [-0.4, -0.2) is 50.4 Å². The van der Waals surface area contributed by atoms with Crippen molar-refractivity contribution in [1.82, 2.24) is 0 Å². The first-order chi connectivity index (χ1) is 12.9. The molecule has 166 valence electrons. The SMILES string of the molecule is CCCCCCCC[Si](OCC)(OCC)OCC.CCO[Si](C)(C)OCC. The zero-order valence-electron chi connectivity index (χ0n) is 19.5. The van der Waals surface area contributed by atoms with Crippen LogP contribution in [0, 0.1) is 0 Å². The summed E-state index contributed by atoms with van der Waals surface area (Å²) in [5.74, 6) is 0. The van der Waals surface area contributed by atoms with Gasteiger partial charge in [-0.3, -0.25) is 0 Å². The molecule has 0 aliphatic heterocycles. The lowest BCUT2D eigenvalue weighted by atomic mass is 10.1. The molecule has 0 aliphatic rings. The molecule has 27 heavy (non-hydrogen) atoms. The molecule has 0 radical (unpaired) electrons. The van der Waals surface area contributed by atoms with E-state index >= 15 is 0 Å². The van der Waals surface area contributed by atoms with E-state index in [1.807, 2.05) is 34.6 Å². The molecule has 0 aromatic carbocycles. The Kier molecular flexibility index (Phi) is 21.3. The highest BCUT2D eigenvalue weighted by molar-refractivity contribution is 6.64. The summed E-state index contributed by atoms with van der Waals surface area (Å²) in [5, 5.41) is 0. The molecule has 0 fully saturated rings. The maximum absolute atomic E-state index is 5.83. The van der Waals surface area contributed by atoms with E-state index in [0.29, 0.717) is 19.8 Å². The molecule has 0 amide bonds. The third-order valence-electron chi connectivity index (χ3n) is 3.91. The fraction of sp³-hybridized carbons (Fsp3) is 1.00.